The maximum atomic E-state index is 15.5. The second kappa shape index (κ2) is 5.40. The molecule has 7 heteroatoms. The molecule has 0 spiro atoms. The zero-order valence-corrected chi connectivity index (χ0v) is 15.5. The van der Waals surface area contributed by atoms with E-state index in [9.17, 15) is 0 Å². The number of aryl methyl sites for hydroxylation is 2. The van der Waals surface area contributed by atoms with Crippen LogP contribution < -0.4 is 4.74 Å². The molecule has 0 bridgehead atoms. The molecule has 2 aromatic heterocycles. The number of pyridine rings is 1. The number of methoxy groups -OCH3 is 1. The van der Waals surface area contributed by atoms with Gasteiger partial charge in [0.2, 0.25) is 5.88 Å². The fourth-order valence-electron chi connectivity index (χ4n) is 4.30. The molecule has 0 N–H and O–H groups in total. The summed E-state index contributed by atoms with van der Waals surface area (Å²) < 4.78 is 38.9. The molecule has 0 radical (unpaired) electrons. The minimum atomic E-state index is -3.97. The van der Waals surface area contributed by atoms with E-state index >= 15 is 8.63 Å². The second-order valence-electron chi connectivity index (χ2n) is 6.90. The molecule has 0 aliphatic carbocycles. The van der Waals surface area contributed by atoms with Crippen molar-refractivity contribution in [2.45, 2.75) is 27.7 Å². The Morgan fingerprint density at radius 2 is 1.92 bits per heavy atom. The standard InChI is InChI=1S/C19H20BF2N3O/c1-11-9-13(3)24-17(11)16(15-7-6-8-23-19(15)26-5)18-12(2)10-14(4)25(18)20(24,21)22/h6-10H,1-5H3. The number of hydrogen-bond donors (Lipinski definition) is 0. The van der Waals surface area contributed by atoms with Crippen LogP contribution in [0.5, 0.6) is 5.88 Å². The third-order valence-electron chi connectivity index (χ3n) is 5.17. The van der Waals surface area contributed by atoms with Crippen LogP contribution in [0.1, 0.15) is 36.4 Å². The minimum absolute atomic E-state index is 0.426. The summed E-state index contributed by atoms with van der Waals surface area (Å²) >= 11 is 0. The van der Waals surface area contributed by atoms with E-state index in [1.807, 2.05) is 32.1 Å². The minimum Gasteiger partial charge on any atom is -0.481 e. The van der Waals surface area contributed by atoms with Crippen molar-refractivity contribution in [2.24, 2.45) is 0 Å². The van der Waals surface area contributed by atoms with Gasteiger partial charge in [0.05, 0.1) is 18.2 Å². The first kappa shape index (κ1) is 16.8. The summed E-state index contributed by atoms with van der Waals surface area (Å²) in [4.78, 5) is 4.28. The summed E-state index contributed by atoms with van der Waals surface area (Å²) in [6.07, 6.45) is 3.45. The van der Waals surface area contributed by atoms with Gasteiger partial charge in [-0.1, -0.05) is 0 Å². The van der Waals surface area contributed by atoms with Gasteiger partial charge in [0, 0.05) is 30.5 Å². The first-order valence-corrected chi connectivity index (χ1v) is 8.55. The number of aromatic nitrogens is 2. The molecule has 4 heterocycles. The predicted molar refractivity (Wildman–Crippen MR) is 98.8 cm³/mol. The lowest BCUT2D eigenvalue weighted by Crippen LogP contribution is -2.51. The Labute approximate surface area is 151 Å². The summed E-state index contributed by atoms with van der Waals surface area (Å²) in [6, 6.07) is 5.48. The Balaban J connectivity index is 2.20. The lowest BCUT2D eigenvalue weighted by molar-refractivity contribution is -0.363. The van der Waals surface area contributed by atoms with Gasteiger partial charge >= 0.3 is 6.97 Å². The van der Waals surface area contributed by atoms with Crippen LogP contribution in [0, 0.1) is 13.8 Å². The normalized spacial score (nSPS) is 18.0. The Morgan fingerprint density at radius 3 is 2.62 bits per heavy atom. The van der Waals surface area contributed by atoms with Crippen LogP contribution in [0.15, 0.2) is 41.7 Å². The molecule has 2 aromatic rings. The first-order chi connectivity index (χ1) is 12.3. The molecule has 0 fully saturated rings. The molecule has 0 aromatic carbocycles. The number of allylic oxidation sites excluding steroid dienone is 2. The highest BCUT2D eigenvalue weighted by Crippen LogP contribution is 2.45. The van der Waals surface area contributed by atoms with Crippen LogP contribution in [0.25, 0.3) is 5.57 Å². The smallest absolute Gasteiger partial charge is 0.481 e. The Morgan fingerprint density at radius 1 is 1.19 bits per heavy atom. The van der Waals surface area contributed by atoms with Gasteiger partial charge in [0.25, 0.3) is 0 Å². The number of fused-ring (bicyclic) bond motifs is 2. The molecule has 2 aliphatic rings. The van der Waals surface area contributed by atoms with Gasteiger partial charge in [-0.2, -0.15) is 0 Å². The van der Waals surface area contributed by atoms with E-state index in [2.05, 4.69) is 4.98 Å². The Hall–Kier alpha value is -2.70. The highest BCUT2D eigenvalue weighted by atomic mass is 19.2. The number of nitrogens with zero attached hydrogens (tertiary/aromatic N) is 3. The van der Waals surface area contributed by atoms with E-state index in [4.69, 9.17) is 4.74 Å². The van der Waals surface area contributed by atoms with E-state index in [0.29, 0.717) is 34.2 Å². The van der Waals surface area contributed by atoms with E-state index in [1.165, 1.54) is 8.96 Å². The average Bonchev–Trinajstić information content (AvgIpc) is 3.05. The van der Waals surface area contributed by atoms with Crippen LogP contribution in [0.3, 0.4) is 0 Å². The first-order valence-electron chi connectivity index (χ1n) is 8.55. The molecular formula is C19H20BF2N3O. The van der Waals surface area contributed by atoms with Crippen molar-refractivity contribution in [3.8, 4) is 5.88 Å². The Kier molecular flexibility index (Phi) is 3.48. The van der Waals surface area contributed by atoms with Crippen LogP contribution in [0.2, 0.25) is 0 Å². The lowest BCUT2D eigenvalue weighted by atomic mass is 9.84. The van der Waals surface area contributed by atoms with Crippen LogP contribution in [0.4, 0.5) is 8.63 Å². The van der Waals surface area contributed by atoms with Gasteiger partial charge in [-0.05, 0) is 50.2 Å². The quantitative estimate of drug-likeness (QED) is 0.764. The third-order valence-corrected chi connectivity index (χ3v) is 5.17. The van der Waals surface area contributed by atoms with Gasteiger partial charge in [-0.3, -0.25) is 0 Å². The van der Waals surface area contributed by atoms with Crippen molar-refractivity contribution in [3.05, 3.63) is 64.3 Å². The van der Waals surface area contributed by atoms with Crippen molar-refractivity contribution in [3.63, 3.8) is 0 Å². The van der Waals surface area contributed by atoms with Gasteiger partial charge in [0.1, 0.15) is 5.71 Å². The lowest BCUT2D eigenvalue weighted by Gasteiger charge is -2.34. The predicted octanol–water partition coefficient (Wildman–Crippen LogP) is 3.94. The van der Waals surface area contributed by atoms with Crippen molar-refractivity contribution in [1.29, 1.82) is 0 Å². The van der Waals surface area contributed by atoms with Crippen molar-refractivity contribution in [1.82, 2.24) is 9.46 Å². The molecule has 0 amide bonds. The summed E-state index contributed by atoms with van der Waals surface area (Å²) in [7, 11) is 1.54. The van der Waals surface area contributed by atoms with Gasteiger partial charge in [-0.25, -0.2) is 4.98 Å². The van der Waals surface area contributed by atoms with Crippen molar-refractivity contribution in [2.75, 3.05) is 7.11 Å². The van der Waals surface area contributed by atoms with Crippen molar-refractivity contribution >= 4 is 18.3 Å². The molecule has 134 valence electrons. The van der Waals surface area contributed by atoms with Crippen LogP contribution in [-0.4, -0.2) is 33.7 Å². The van der Waals surface area contributed by atoms with Crippen LogP contribution in [-0.2, 0) is 0 Å². The topological polar surface area (TPSA) is 30.1 Å². The highest BCUT2D eigenvalue weighted by molar-refractivity contribution is 6.58. The summed E-state index contributed by atoms with van der Waals surface area (Å²) in [5.41, 5.74) is 5.23. The van der Waals surface area contributed by atoms with E-state index < -0.39 is 6.97 Å². The molecular weight excluding hydrogens is 335 g/mol. The molecule has 4 nitrogen and oxygen atoms in total. The van der Waals surface area contributed by atoms with E-state index in [-0.39, 0.29) is 0 Å². The molecule has 0 saturated carbocycles. The van der Waals surface area contributed by atoms with Gasteiger partial charge in [0.15, 0.2) is 5.70 Å². The van der Waals surface area contributed by atoms with Crippen LogP contribution >= 0.6 is 0 Å². The van der Waals surface area contributed by atoms with E-state index in [0.717, 1.165) is 16.7 Å². The summed E-state index contributed by atoms with van der Waals surface area (Å²) in [6.45, 7) is 3.22. The molecule has 0 saturated heterocycles. The molecule has 4 rings (SSSR count). The fourth-order valence-corrected chi connectivity index (χ4v) is 4.30. The summed E-state index contributed by atoms with van der Waals surface area (Å²) in [5, 5.41) is 0. The highest BCUT2D eigenvalue weighted by Gasteiger charge is 2.55. The Bertz CT molecular complexity index is 1050. The fraction of sp³-hybridized carbons (Fsp3) is 0.263. The number of hydrogen-bond acceptors (Lipinski definition) is 2. The number of rotatable bonds is 2. The third kappa shape index (κ3) is 2.00. The molecule has 0 unspecified atom stereocenters. The second-order valence-corrected chi connectivity index (χ2v) is 6.90. The monoisotopic (exact) mass is 355 g/mol. The maximum absolute atomic E-state index is 15.5. The zero-order chi connectivity index (χ0) is 18.8. The molecule has 0 atom stereocenters. The van der Waals surface area contributed by atoms with E-state index in [1.54, 1.807) is 33.2 Å². The molecule has 26 heavy (non-hydrogen) atoms. The van der Waals surface area contributed by atoms with Gasteiger partial charge < -0.3 is 22.3 Å². The zero-order valence-electron chi connectivity index (χ0n) is 15.5. The SMILES string of the molecule is COc1ncccc1C1=C2C(C)=CC(C)=[N+]2[B-](F)(F)n2c(C)cc(C)c21. The molecule has 2 aliphatic heterocycles. The number of ether oxygens (including phenoxy) is 1. The number of halogens is 2. The maximum Gasteiger partial charge on any atom is 0.737 e. The summed E-state index contributed by atoms with van der Waals surface area (Å²) in [5.74, 6) is 0.426. The average molecular weight is 355 g/mol. The van der Waals surface area contributed by atoms with Gasteiger partial charge in [-0.15, -0.1) is 0 Å². The van der Waals surface area contributed by atoms with Crippen molar-refractivity contribution < 1.29 is 17.9 Å². The largest absolute Gasteiger partial charge is 0.737 e.